The molecule has 2 aromatic heterocycles. The van der Waals surface area contributed by atoms with Crippen molar-refractivity contribution in [1.82, 2.24) is 10.3 Å². The molecule has 0 radical (unpaired) electrons. The van der Waals surface area contributed by atoms with Crippen molar-refractivity contribution in [1.29, 1.82) is 0 Å². The second-order valence-corrected chi connectivity index (χ2v) is 6.11. The van der Waals surface area contributed by atoms with Gasteiger partial charge in [-0.15, -0.1) is 11.3 Å². The Balaban J connectivity index is 1.77. The van der Waals surface area contributed by atoms with Crippen LogP contribution in [0.2, 0.25) is 0 Å². The highest BCUT2D eigenvalue weighted by Gasteiger charge is 2.13. The number of fused-ring (bicyclic) bond motifs is 1. The van der Waals surface area contributed by atoms with E-state index in [2.05, 4.69) is 35.4 Å². The van der Waals surface area contributed by atoms with Gasteiger partial charge in [0.25, 0.3) is 0 Å². The fourth-order valence-electron chi connectivity index (χ4n) is 2.52. The highest BCUT2D eigenvalue weighted by atomic mass is 32.1. The lowest BCUT2D eigenvalue weighted by Gasteiger charge is -2.04. The molecule has 0 fully saturated rings. The quantitative estimate of drug-likeness (QED) is 0.697. The first-order chi connectivity index (χ1) is 10.4. The molecule has 0 bridgehead atoms. The second kappa shape index (κ2) is 6.87. The topological polar surface area (TPSA) is 38.1 Å². The zero-order valence-corrected chi connectivity index (χ0v) is 13.1. The smallest absolute Gasteiger partial charge is 0.134 e. The maximum Gasteiger partial charge on any atom is 0.134 e. The van der Waals surface area contributed by atoms with Gasteiger partial charge in [0.1, 0.15) is 16.4 Å². The first kappa shape index (κ1) is 14.3. The lowest BCUT2D eigenvalue weighted by Crippen LogP contribution is -2.13. The molecular weight excluding hydrogens is 280 g/mol. The van der Waals surface area contributed by atoms with Crippen LogP contribution in [-0.2, 0) is 19.5 Å². The summed E-state index contributed by atoms with van der Waals surface area (Å²) in [6, 6.07) is 8.30. The minimum Gasteiger partial charge on any atom is -0.461 e. The van der Waals surface area contributed by atoms with Gasteiger partial charge in [0.2, 0.25) is 0 Å². The van der Waals surface area contributed by atoms with E-state index in [0.29, 0.717) is 0 Å². The van der Waals surface area contributed by atoms with Crippen molar-refractivity contribution in [2.75, 3.05) is 0 Å². The molecule has 2 heterocycles. The normalized spacial score (nSPS) is 11.3. The van der Waals surface area contributed by atoms with Crippen LogP contribution < -0.4 is 5.32 Å². The molecule has 0 unspecified atom stereocenters. The predicted octanol–water partition coefficient (Wildman–Crippen LogP) is 4.52. The van der Waals surface area contributed by atoms with E-state index in [-0.39, 0.29) is 0 Å². The van der Waals surface area contributed by atoms with E-state index in [9.17, 15) is 0 Å². The highest BCUT2D eigenvalue weighted by Crippen LogP contribution is 2.27. The standard InChI is InChI=1S/C17H20N2OS/c1-2-3-7-16-14(11-18-12-17-19-9-10-21-17)13-6-4-5-8-15(13)20-16/h4-6,8-10,18H,2-3,7,11-12H2,1H3. The highest BCUT2D eigenvalue weighted by molar-refractivity contribution is 7.09. The zero-order chi connectivity index (χ0) is 14.5. The summed E-state index contributed by atoms with van der Waals surface area (Å²) in [7, 11) is 0. The Morgan fingerprint density at radius 2 is 2.14 bits per heavy atom. The summed E-state index contributed by atoms with van der Waals surface area (Å²) in [5, 5.41) is 7.85. The summed E-state index contributed by atoms with van der Waals surface area (Å²) < 4.78 is 6.04. The molecule has 0 aliphatic heterocycles. The van der Waals surface area contributed by atoms with Crippen molar-refractivity contribution in [3.8, 4) is 0 Å². The first-order valence-electron chi connectivity index (χ1n) is 7.47. The lowest BCUT2D eigenvalue weighted by molar-refractivity contribution is 0.524. The molecule has 110 valence electrons. The number of hydrogen-bond donors (Lipinski definition) is 1. The molecule has 0 atom stereocenters. The molecule has 1 N–H and O–H groups in total. The Labute approximate surface area is 129 Å². The molecule has 4 heteroatoms. The van der Waals surface area contributed by atoms with E-state index in [1.807, 2.05) is 17.6 Å². The van der Waals surface area contributed by atoms with Crippen LogP contribution in [0.3, 0.4) is 0 Å². The number of nitrogens with zero attached hydrogens (tertiary/aromatic N) is 1. The van der Waals surface area contributed by atoms with Crippen molar-refractivity contribution in [2.24, 2.45) is 0 Å². The molecule has 3 rings (SSSR count). The van der Waals surface area contributed by atoms with Crippen molar-refractivity contribution in [2.45, 2.75) is 39.3 Å². The Hall–Kier alpha value is -1.65. The van der Waals surface area contributed by atoms with Crippen LogP contribution in [0.15, 0.2) is 40.3 Å². The van der Waals surface area contributed by atoms with Crippen LogP contribution in [0.5, 0.6) is 0 Å². The van der Waals surface area contributed by atoms with Crippen molar-refractivity contribution < 1.29 is 4.42 Å². The fraction of sp³-hybridized carbons (Fsp3) is 0.353. The van der Waals surface area contributed by atoms with E-state index >= 15 is 0 Å². The molecular formula is C17H20N2OS. The lowest BCUT2D eigenvalue weighted by atomic mass is 10.1. The number of unbranched alkanes of at least 4 members (excludes halogenated alkanes) is 1. The summed E-state index contributed by atoms with van der Waals surface area (Å²) in [5.41, 5.74) is 2.30. The van der Waals surface area contributed by atoms with Gasteiger partial charge in [-0.2, -0.15) is 0 Å². The summed E-state index contributed by atoms with van der Waals surface area (Å²) in [5.74, 6) is 1.13. The first-order valence-corrected chi connectivity index (χ1v) is 8.35. The van der Waals surface area contributed by atoms with Gasteiger partial charge in [-0.25, -0.2) is 4.98 Å². The Bertz CT molecular complexity index is 688. The monoisotopic (exact) mass is 300 g/mol. The summed E-state index contributed by atoms with van der Waals surface area (Å²) in [6.45, 7) is 3.85. The second-order valence-electron chi connectivity index (χ2n) is 5.13. The SMILES string of the molecule is CCCCc1oc2ccccc2c1CNCc1nccs1. The minimum absolute atomic E-state index is 0.810. The summed E-state index contributed by atoms with van der Waals surface area (Å²) in [4.78, 5) is 4.30. The Morgan fingerprint density at radius 1 is 1.24 bits per heavy atom. The number of hydrogen-bond acceptors (Lipinski definition) is 4. The van der Waals surface area contributed by atoms with Gasteiger partial charge >= 0.3 is 0 Å². The van der Waals surface area contributed by atoms with Crippen LogP contribution in [-0.4, -0.2) is 4.98 Å². The molecule has 3 nitrogen and oxygen atoms in total. The third kappa shape index (κ3) is 3.34. The molecule has 3 aromatic rings. The van der Waals surface area contributed by atoms with Crippen LogP contribution >= 0.6 is 11.3 Å². The third-order valence-electron chi connectivity index (χ3n) is 3.60. The van der Waals surface area contributed by atoms with Crippen LogP contribution in [0, 0.1) is 0 Å². The third-order valence-corrected chi connectivity index (χ3v) is 4.38. The van der Waals surface area contributed by atoms with Gasteiger partial charge < -0.3 is 9.73 Å². The number of benzene rings is 1. The van der Waals surface area contributed by atoms with Gasteiger partial charge in [-0.05, 0) is 12.5 Å². The van der Waals surface area contributed by atoms with Gasteiger partial charge in [0.15, 0.2) is 0 Å². The summed E-state index contributed by atoms with van der Waals surface area (Å²) in [6.07, 6.45) is 5.21. The number of aryl methyl sites for hydroxylation is 1. The maximum absolute atomic E-state index is 6.04. The van der Waals surface area contributed by atoms with Crippen LogP contribution in [0.4, 0.5) is 0 Å². The zero-order valence-electron chi connectivity index (χ0n) is 12.3. The number of para-hydroxylation sites is 1. The van der Waals surface area contributed by atoms with Crippen molar-refractivity contribution in [3.05, 3.63) is 52.2 Å². The average Bonchev–Trinajstić information content (AvgIpc) is 3.13. The molecule has 0 saturated carbocycles. The molecule has 0 amide bonds. The van der Waals surface area contributed by atoms with E-state index in [0.717, 1.165) is 35.9 Å². The Kier molecular flexibility index (Phi) is 4.68. The van der Waals surface area contributed by atoms with Crippen LogP contribution in [0.25, 0.3) is 11.0 Å². The van der Waals surface area contributed by atoms with E-state index in [4.69, 9.17) is 4.42 Å². The molecule has 0 aliphatic rings. The van der Waals surface area contributed by atoms with Crippen molar-refractivity contribution >= 4 is 22.3 Å². The number of aromatic nitrogens is 1. The van der Waals surface area contributed by atoms with E-state index in [1.54, 1.807) is 11.3 Å². The molecule has 1 aromatic carbocycles. The number of furan rings is 1. The molecule has 0 saturated heterocycles. The largest absolute Gasteiger partial charge is 0.461 e. The number of thiazole rings is 1. The van der Waals surface area contributed by atoms with Crippen LogP contribution in [0.1, 0.15) is 36.1 Å². The van der Waals surface area contributed by atoms with Crippen molar-refractivity contribution in [3.63, 3.8) is 0 Å². The molecule has 0 spiro atoms. The van der Waals surface area contributed by atoms with Gasteiger partial charge in [0.05, 0.1) is 0 Å². The molecule has 0 aliphatic carbocycles. The van der Waals surface area contributed by atoms with E-state index < -0.39 is 0 Å². The average molecular weight is 300 g/mol. The van der Waals surface area contributed by atoms with Gasteiger partial charge in [-0.1, -0.05) is 31.5 Å². The summed E-state index contributed by atoms with van der Waals surface area (Å²) >= 11 is 1.68. The van der Waals surface area contributed by atoms with Gasteiger partial charge in [-0.3, -0.25) is 0 Å². The maximum atomic E-state index is 6.04. The van der Waals surface area contributed by atoms with E-state index in [1.165, 1.54) is 23.8 Å². The van der Waals surface area contributed by atoms with Gasteiger partial charge in [0, 0.05) is 42.0 Å². The fourth-order valence-corrected chi connectivity index (χ4v) is 3.10. The number of nitrogens with one attached hydrogen (secondary N) is 1. The molecule has 21 heavy (non-hydrogen) atoms. The number of rotatable bonds is 7. The predicted molar refractivity (Wildman–Crippen MR) is 87.5 cm³/mol. The Morgan fingerprint density at radius 3 is 2.95 bits per heavy atom. The minimum atomic E-state index is 0.810.